The number of carbonyl (C=O) groups excluding carboxylic acids is 3. The van der Waals surface area contributed by atoms with Crippen LogP contribution in [0.15, 0.2) is 30.3 Å². The van der Waals surface area contributed by atoms with Crippen molar-refractivity contribution in [3.63, 3.8) is 0 Å². The van der Waals surface area contributed by atoms with E-state index in [-0.39, 0.29) is 24.3 Å². The molecular weight excluding hydrogens is 372 g/mol. The molecule has 0 bridgehead atoms. The van der Waals surface area contributed by atoms with Gasteiger partial charge in [0, 0.05) is 12.5 Å². The minimum Gasteiger partial charge on any atom is -0.459 e. The number of ether oxygens (including phenoxy) is 2. The third kappa shape index (κ3) is 7.75. The van der Waals surface area contributed by atoms with Gasteiger partial charge in [-0.15, -0.1) is 0 Å². The van der Waals surface area contributed by atoms with E-state index in [0.29, 0.717) is 6.54 Å². The van der Waals surface area contributed by atoms with Crippen LogP contribution in [0.5, 0.6) is 0 Å². The highest BCUT2D eigenvalue weighted by atomic mass is 16.6. The van der Waals surface area contributed by atoms with Crippen LogP contribution in [0.2, 0.25) is 0 Å². The Hall–Kier alpha value is -2.57. The van der Waals surface area contributed by atoms with E-state index in [1.807, 2.05) is 30.3 Å². The molecule has 7 heteroatoms. The quantitative estimate of drug-likeness (QED) is 0.681. The molecule has 1 aliphatic rings. The Morgan fingerprint density at radius 3 is 2.48 bits per heavy atom. The van der Waals surface area contributed by atoms with Crippen molar-refractivity contribution in [3.05, 3.63) is 35.9 Å². The van der Waals surface area contributed by atoms with E-state index in [2.05, 4.69) is 10.6 Å². The second-order valence-corrected chi connectivity index (χ2v) is 8.50. The summed E-state index contributed by atoms with van der Waals surface area (Å²) in [5.74, 6) is -0.865. The van der Waals surface area contributed by atoms with Crippen LogP contribution in [-0.4, -0.2) is 36.2 Å². The molecule has 160 valence electrons. The maximum atomic E-state index is 12.7. The molecule has 1 aromatic carbocycles. The van der Waals surface area contributed by atoms with Crippen LogP contribution >= 0.6 is 0 Å². The minimum absolute atomic E-state index is 0.0232. The van der Waals surface area contributed by atoms with E-state index in [1.165, 1.54) is 0 Å². The van der Waals surface area contributed by atoms with Crippen LogP contribution in [0.4, 0.5) is 4.79 Å². The molecule has 0 spiro atoms. The first-order chi connectivity index (χ1) is 13.7. The van der Waals surface area contributed by atoms with Gasteiger partial charge in [0.05, 0.1) is 0 Å². The Bertz CT molecular complexity index is 699. The van der Waals surface area contributed by atoms with Crippen molar-refractivity contribution in [1.29, 1.82) is 0 Å². The predicted octanol–water partition coefficient (Wildman–Crippen LogP) is 3.18. The molecular formula is C22H32N2O5. The second kappa shape index (κ2) is 10.3. The van der Waals surface area contributed by atoms with E-state index in [4.69, 9.17) is 9.47 Å². The van der Waals surface area contributed by atoms with Crippen molar-refractivity contribution < 1.29 is 23.9 Å². The van der Waals surface area contributed by atoms with E-state index in [0.717, 1.165) is 24.8 Å². The zero-order chi connectivity index (χ0) is 21.4. The van der Waals surface area contributed by atoms with Gasteiger partial charge < -0.3 is 20.1 Å². The van der Waals surface area contributed by atoms with Crippen molar-refractivity contribution in [2.45, 2.75) is 65.2 Å². The first kappa shape index (κ1) is 22.7. The number of rotatable bonds is 7. The van der Waals surface area contributed by atoms with Gasteiger partial charge in [0.15, 0.2) is 0 Å². The minimum atomic E-state index is -0.730. The lowest BCUT2D eigenvalue weighted by atomic mass is 9.95. The lowest BCUT2D eigenvalue weighted by Crippen LogP contribution is -2.45. The highest BCUT2D eigenvalue weighted by molar-refractivity contribution is 5.85. The average Bonchev–Trinajstić information content (AvgIpc) is 3.12. The number of nitrogens with one attached hydrogen (secondary N) is 2. The van der Waals surface area contributed by atoms with Crippen LogP contribution < -0.4 is 10.6 Å². The number of hydrogen-bond donors (Lipinski definition) is 2. The Balaban J connectivity index is 1.78. The first-order valence-electron chi connectivity index (χ1n) is 10.1. The number of esters is 1. The van der Waals surface area contributed by atoms with Gasteiger partial charge in [0.25, 0.3) is 0 Å². The van der Waals surface area contributed by atoms with Gasteiger partial charge in [-0.1, -0.05) is 36.8 Å². The van der Waals surface area contributed by atoms with Crippen LogP contribution in [0.3, 0.4) is 0 Å². The largest absolute Gasteiger partial charge is 0.459 e. The Morgan fingerprint density at radius 1 is 1.14 bits per heavy atom. The molecule has 1 fully saturated rings. The van der Waals surface area contributed by atoms with Gasteiger partial charge in [0.1, 0.15) is 18.2 Å². The van der Waals surface area contributed by atoms with Gasteiger partial charge in [-0.05, 0) is 52.0 Å². The summed E-state index contributed by atoms with van der Waals surface area (Å²) in [7, 11) is 0. The van der Waals surface area contributed by atoms with E-state index in [9.17, 15) is 14.4 Å². The monoisotopic (exact) mass is 404 g/mol. The normalized spacial score (nSPS) is 19.9. The molecule has 0 heterocycles. The van der Waals surface area contributed by atoms with E-state index in [1.54, 1.807) is 27.7 Å². The van der Waals surface area contributed by atoms with Crippen molar-refractivity contribution in [2.24, 2.45) is 11.8 Å². The molecule has 29 heavy (non-hydrogen) atoms. The number of alkyl carbamates (subject to hydrolysis) is 1. The predicted molar refractivity (Wildman–Crippen MR) is 109 cm³/mol. The number of amides is 2. The van der Waals surface area contributed by atoms with Crippen LogP contribution in [-0.2, 0) is 25.7 Å². The summed E-state index contributed by atoms with van der Waals surface area (Å²) in [6, 6.07) is 8.66. The summed E-state index contributed by atoms with van der Waals surface area (Å²) >= 11 is 0. The maximum absolute atomic E-state index is 12.7. The lowest BCUT2D eigenvalue weighted by Gasteiger charge is -2.23. The fourth-order valence-corrected chi connectivity index (χ4v) is 3.39. The van der Waals surface area contributed by atoms with E-state index >= 15 is 0 Å². The number of carbonyl (C=O) groups is 3. The van der Waals surface area contributed by atoms with Crippen molar-refractivity contribution >= 4 is 18.0 Å². The smallest absolute Gasteiger partial charge is 0.407 e. The van der Waals surface area contributed by atoms with Gasteiger partial charge in [-0.2, -0.15) is 0 Å². The third-order valence-corrected chi connectivity index (χ3v) is 4.84. The fraction of sp³-hybridized carbons (Fsp3) is 0.591. The average molecular weight is 405 g/mol. The molecule has 0 radical (unpaired) electrons. The standard InChI is InChI=1S/C22H32N2O5/c1-15(20(26)28-14-16-9-6-5-7-10-16)24-19(25)18-12-8-11-17(18)13-23-21(27)29-22(2,3)4/h5-7,9-10,15,17-18H,8,11-14H2,1-4H3,(H,23,27)(H,24,25)/t15-,17+,18-/m1/s1. The summed E-state index contributed by atoms with van der Waals surface area (Å²) < 4.78 is 10.5. The van der Waals surface area contributed by atoms with Gasteiger partial charge >= 0.3 is 12.1 Å². The number of hydrogen-bond acceptors (Lipinski definition) is 5. The zero-order valence-electron chi connectivity index (χ0n) is 17.7. The highest BCUT2D eigenvalue weighted by Gasteiger charge is 2.34. The molecule has 3 atom stereocenters. The first-order valence-corrected chi connectivity index (χ1v) is 10.1. The van der Waals surface area contributed by atoms with Gasteiger partial charge in [-0.3, -0.25) is 4.79 Å². The molecule has 1 saturated carbocycles. The molecule has 1 aliphatic carbocycles. The number of benzene rings is 1. The summed E-state index contributed by atoms with van der Waals surface area (Å²) in [5.41, 5.74) is 0.329. The van der Waals surface area contributed by atoms with E-state index < -0.39 is 23.7 Å². The molecule has 0 aliphatic heterocycles. The molecule has 2 rings (SSSR count). The summed E-state index contributed by atoms with van der Waals surface area (Å²) in [6.07, 6.45) is 2.01. The Labute approximate surface area is 172 Å². The molecule has 0 unspecified atom stereocenters. The SMILES string of the molecule is C[C@@H](NC(=O)[C@@H]1CCC[C@H]1CNC(=O)OC(C)(C)C)C(=O)OCc1ccccc1. The second-order valence-electron chi connectivity index (χ2n) is 8.50. The summed E-state index contributed by atoms with van der Waals surface area (Å²) in [4.78, 5) is 36.7. The van der Waals surface area contributed by atoms with Crippen molar-refractivity contribution in [1.82, 2.24) is 10.6 Å². The van der Waals surface area contributed by atoms with Crippen LogP contribution in [0.25, 0.3) is 0 Å². The molecule has 1 aromatic rings. The summed E-state index contributed by atoms with van der Waals surface area (Å²) in [6.45, 7) is 7.57. The maximum Gasteiger partial charge on any atom is 0.407 e. The third-order valence-electron chi connectivity index (χ3n) is 4.84. The Morgan fingerprint density at radius 2 is 1.83 bits per heavy atom. The Kier molecular flexibility index (Phi) is 8.05. The molecule has 2 N–H and O–H groups in total. The van der Waals surface area contributed by atoms with Crippen molar-refractivity contribution in [3.8, 4) is 0 Å². The molecule has 7 nitrogen and oxygen atoms in total. The summed E-state index contributed by atoms with van der Waals surface area (Å²) in [5, 5.41) is 5.50. The highest BCUT2D eigenvalue weighted by Crippen LogP contribution is 2.31. The molecule has 2 amide bonds. The van der Waals surface area contributed by atoms with Gasteiger partial charge in [-0.25, -0.2) is 9.59 Å². The fourth-order valence-electron chi connectivity index (χ4n) is 3.39. The van der Waals surface area contributed by atoms with Crippen LogP contribution in [0, 0.1) is 11.8 Å². The zero-order valence-corrected chi connectivity index (χ0v) is 17.7. The van der Waals surface area contributed by atoms with Crippen LogP contribution in [0.1, 0.15) is 52.5 Å². The van der Waals surface area contributed by atoms with Gasteiger partial charge in [0.2, 0.25) is 5.91 Å². The molecule has 0 aromatic heterocycles. The molecule has 0 saturated heterocycles. The lowest BCUT2D eigenvalue weighted by molar-refractivity contribution is -0.149. The topological polar surface area (TPSA) is 93.7 Å². The van der Waals surface area contributed by atoms with Crippen molar-refractivity contribution in [2.75, 3.05) is 6.54 Å².